The molecular formula is C43H43Cl. The lowest BCUT2D eigenvalue weighted by Gasteiger charge is -2.35. The molecule has 0 unspecified atom stereocenters. The summed E-state index contributed by atoms with van der Waals surface area (Å²) in [5.74, 6) is 0. The van der Waals surface area contributed by atoms with E-state index in [1.807, 2.05) is 12.1 Å². The molecule has 0 bridgehead atoms. The van der Waals surface area contributed by atoms with E-state index < -0.39 is 5.41 Å². The Morgan fingerprint density at radius 2 is 0.818 bits per heavy atom. The first kappa shape index (κ1) is 29.1. The van der Waals surface area contributed by atoms with Crippen molar-refractivity contribution in [3.8, 4) is 33.4 Å². The van der Waals surface area contributed by atoms with Crippen LogP contribution in [0.15, 0.2) is 97.1 Å². The zero-order valence-electron chi connectivity index (χ0n) is 27.6. The van der Waals surface area contributed by atoms with E-state index in [2.05, 4.69) is 147 Å². The van der Waals surface area contributed by atoms with Gasteiger partial charge in [-0.2, -0.15) is 0 Å². The van der Waals surface area contributed by atoms with Gasteiger partial charge in [-0.25, -0.2) is 0 Å². The normalized spacial score (nSPS) is 14.8. The number of halogens is 1. The molecule has 2 aliphatic rings. The van der Waals surface area contributed by atoms with Crippen molar-refractivity contribution in [3.63, 3.8) is 0 Å². The lowest BCUT2D eigenvalue weighted by Crippen LogP contribution is -2.28. The summed E-state index contributed by atoms with van der Waals surface area (Å²) in [4.78, 5) is 0. The molecule has 0 N–H and O–H groups in total. The molecule has 0 atom stereocenters. The van der Waals surface area contributed by atoms with Crippen LogP contribution in [0.5, 0.6) is 0 Å². The van der Waals surface area contributed by atoms with Crippen molar-refractivity contribution >= 4 is 11.6 Å². The number of fused-ring (bicyclic) bond motifs is 10. The molecule has 0 fully saturated rings. The van der Waals surface area contributed by atoms with Gasteiger partial charge >= 0.3 is 0 Å². The molecule has 0 amide bonds. The van der Waals surface area contributed by atoms with Crippen molar-refractivity contribution in [1.29, 1.82) is 0 Å². The van der Waals surface area contributed by atoms with Gasteiger partial charge in [-0.3, -0.25) is 0 Å². The van der Waals surface area contributed by atoms with Gasteiger partial charge in [0, 0.05) is 5.02 Å². The van der Waals surface area contributed by atoms with Crippen molar-refractivity contribution < 1.29 is 0 Å². The van der Waals surface area contributed by atoms with Gasteiger partial charge in [0.05, 0.1) is 5.41 Å². The fraction of sp³-hybridized carbons (Fsp3) is 0.302. The van der Waals surface area contributed by atoms with Crippen LogP contribution in [0.4, 0.5) is 0 Å². The van der Waals surface area contributed by atoms with Gasteiger partial charge in [0.15, 0.2) is 0 Å². The fourth-order valence-electron chi connectivity index (χ4n) is 7.56. The summed E-state index contributed by atoms with van der Waals surface area (Å²) in [7, 11) is 0. The number of benzene rings is 5. The predicted molar refractivity (Wildman–Crippen MR) is 189 cm³/mol. The van der Waals surface area contributed by atoms with E-state index in [9.17, 15) is 0 Å². The van der Waals surface area contributed by atoms with Crippen molar-refractivity contribution in [2.24, 2.45) is 0 Å². The molecule has 0 saturated carbocycles. The van der Waals surface area contributed by atoms with E-state index in [0.29, 0.717) is 0 Å². The van der Waals surface area contributed by atoms with Gasteiger partial charge < -0.3 is 0 Å². The minimum absolute atomic E-state index is 0.0226. The molecule has 1 spiro atoms. The number of hydrogen-bond donors (Lipinski definition) is 0. The topological polar surface area (TPSA) is 0 Å². The summed E-state index contributed by atoms with van der Waals surface area (Å²) in [5.41, 5.74) is 17.1. The Hall–Kier alpha value is -3.61. The molecule has 1 heteroatoms. The smallest absolute Gasteiger partial charge is 0.0731 e. The van der Waals surface area contributed by atoms with Crippen molar-refractivity contribution in [3.05, 3.63) is 141 Å². The summed E-state index contributed by atoms with van der Waals surface area (Å²) >= 11 is 6.42. The highest BCUT2D eigenvalue weighted by Crippen LogP contribution is 2.65. The summed E-state index contributed by atoms with van der Waals surface area (Å²) in [5, 5.41) is 0.760. The van der Waals surface area contributed by atoms with Gasteiger partial charge in [0.2, 0.25) is 0 Å². The van der Waals surface area contributed by atoms with E-state index in [0.717, 1.165) is 5.02 Å². The zero-order chi connectivity index (χ0) is 31.4. The average Bonchev–Trinajstić information content (AvgIpc) is 3.42. The third-order valence-electron chi connectivity index (χ3n) is 10.0. The maximum absolute atomic E-state index is 6.42. The summed E-state index contributed by atoms with van der Waals surface area (Å²) in [6, 6.07) is 37.2. The van der Waals surface area contributed by atoms with Gasteiger partial charge in [-0.1, -0.05) is 159 Å². The molecule has 0 aliphatic heterocycles. The van der Waals surface area contributed by atoms with Crippen LogP contribution < -0.4 is 0 Å². The van der Waals surface area contributed by atoms with E-state index in [1.54, 1.807) is 0 Å². The second-order valence-corrected chi connectivity index (χ2v) is 16.5. The van der Waals surface area contributed by atoms with E-state index in [-0.39, 0.29) is 16.2 Å². The predicted octanol–water partition coefficient (Wildman–Crippen LogP) is 12.2. The first-order chi connectivity index (χ1) is 20.6. The summed E-state index contributed by atoms with van der Waals surface area (Å²) in [6.07, 6.45) is 0. The Morgan fingerprint density at radius 1 is 0.432 bits per heavy atom. The molecule has 5 aromatic rings. The highest BCUT2D eigenvalue weighted by Gasteiger charge is 2.53. The zero-order valence-corrected chi connectivity index (χ0v) is 28.4. The Kier molecular flexibility index (Phi) is 6.25. The lowest BCUT2D eigenvalue weighted by atomic mass is 9.66. The second-order valence-electron chi connectivity index (χ2n) is 16.0. The van der Waals surface area contributed by atoms with Crippen molar-refractivity contribution in [2.75, 3.05) is 0 Å². The third-order valence-corrected chi connectivity index (χ3v) is 10.3. The molecule has 2 aliphatic carbocycles. The lowest BCUT2D eigenvalue weighted by molar-refractivity contribution is 0.584. The molecule has 222 valence electrons. The molecule has 0 saturated heterocycles. The molecular weight excluding hydrogens is 552 g/mol. The van der Waals surface area contributed by atoms with Gasteiger partial charge in [-0.15, -0.1) is 0 Å². The molecule has 7 rings (SSSR count). The quantitative estimate of drug-likeness (QED) is 0.177. The van der Waals surface area contributed by atoms with Crippen LogP contribution in [0.1, 0.15) is 101 Å². The molecule has 0 heterocycles. The Balaban J connectivity index is 1.71. The minimum Gasteiger partial charge on any atom is -0.0843 e. The number of hydrogen-bond acceptors (Lipinski definition) is 0. The van der Waals surface area contributed by atoms with Crippen LogP contribution in [0.25, 0.3) is 33.4 Å². The molecule has 5 aromatic carbocycles. The van der Waals surface area contributed by atoms with Crippen LogP contribution in [0, 0.1) is 0 Å². The Bertz CT molecular complexity index is 1850. The SMILES string of the molecule is CC(C)(C)c1ccc2c(c1)C1(c3cc(C(C)(C)C)ccc3-2)c2cc(C(C)(C)C)ccc2-c2cccc(-c3ccc(Cl)cc3)c21. The maximum atomic E-state index is 6.42. The number of rotatable bonds is 1. The fourth-order valence-corrected chi connectivity index (χ4v) is 7.68. The second kappa shape index (κ2) is 9.45. The van der Waals surface area contributed by atoms with E-state index >= 15 is 0 Å². The van der Waals surface area contributed by atoms with Crippen LogP contribution >= 0.6 is 11.6 Å². The Labute approximate surface area is 269 Å². The van der Waals surface area contributed by atoms with Gasteiger partial charge in [-0.05, 0) is 101 Å². The molecule has 0 aromatic heterocycles. The first-order valence-corrected chi connectivity index (χ1v) is 16.3. The van der Waals surface area contributed by atoms with Gasteiger partial charge in [0.1, 0.15) is 0 Å². The largest absolute Gasteiger partial charge is 0.0843 e. The summed E-state index contributed by atoms with van der Waals surface area (Å²) in [6.45, 7) is 21.0. The standard InChI is InChI=1S/C43H43Cl/c1-40(2,3)27-15-20-32-33-21-16-28(41(4,5)6)24-37(33)43(36(32)23-27)38-25-29(42(7,8)9)17-22-34(38)35-12-10-11-31(39(35)43)26-13-18-30(44)19-14-26/h10-25H,1-9H3. The van der Waals surface area contributed by atoms with Crippen molar-refractivity contribution in [2.45, 2.75) is 84.0 Å². The maximum Gasteiger partial charge on any atom is 0.0731 e. The van der Waals surface area contributed by atoms with Crippen LogP contribution in [0.3, 0.4) is 0 Å². The molecule has 44 heavy (non-hydrogen) atoms. The third kappa shape index (κ3) is 4.17. The highest BCUT2D eigenvalue weighted by molar-refractivity contribution is 6.30. The monoisotopic (exact) mass is 594 g/mol. The Morgan fingerprint density at radius 3 is 1.23 bits per heavy atom. The van der Waals surface area contributed by atoms with Crippen molar-refractivity contribution in [1.82, 2.24) is 0 Å². The summed E-state index contributed by atoms with van der Waals surface area (Å²) < 4.78 is 0. The van der Waals surface area contributed by atoms with E-state index in [4.69, 9.17) is 11.6 Å². The highest BCUT2D eigenvalue weighted by atomic mass is 35.5. The van der Waals surface area contributed by atoms with Crippen LogP contribution in [-0.2, 0) is 21.7 Å². The molecule has 0 radical (unpaired) electrons. The van der Waals surface area contributed by atoms with Crippen LogP contribution in [-0.4, -0.2) is 0 Å². The molecule has 0 nitrogen and oxygen atoms in total. The first-order valence-electron chi connectivity index (χ1n) is 16.0. The van der Waals surface area contributed by atoms with Gasteiger partial charge in [0.25, 0.3) is 0 Å². The van der Waals surface area contributed by atoms with E-state index in [1.165, 1.54) is 72.3 Å². The van der Waals surface area contributed by atoms with Crippen LogP contribution in [0.2, 0.25) is 5.02 Å². The minimum atomic E-state index is -0.449. The average molecular weight is 595 g/mol.